The predicted molar refractivity (Wildman–Crippen MR) is 186 cm³/mol. The van der Waals surface area contributed by atoms with Gasteiger partial charge in [-0.25, -0.2) is 9.59 Å². The lowest BCUT2D eigenvalue weighted by atomic mass is 10.1. The molecule has 2 heterocycles. The number of unbranched alkanes of at least 4 members (excludes halogenated alkanes) is 2. The molecule has 0 amide bonds. The number of esters is 2. The Balaban J connectivity index is 0.000000178. The average Bonchev–Trinajstić information content (AvgIpc) is 3.05. The van der Waals surface area contributed by atoms with Gasteiger partial charge in [-0.1, -0.05) is 56.5 Å². The Morgan fingerprint density at radius 1 is 0.622 bits per heavy atom. The first-order valence-electron chi connectivity index (χ1n) is 15.1. The van der Waals surface area contributed by atoms with Crippen molar-refractivity contribution < 1.29 is 19.1 Å². The van der Waals surface area contributed by atoms with E-state index < -0.39 is 0 Å². The van der Waals surface area contributed by atoms with Crippen molar-refractivity contribution in [2.24, 2.45) is 0 Å². The Morgan fingerprint density at radius 2 is 1.27 bits per heavy atom. The van der Waals surface area contributed by atoms with E-state index in [1.807, 2.05) is 63.2 Å². The summed E-state index contributed by atoms with van der Waals surface area (Å²) in [5.74, 6) is -0.686. The van der Waals surface area contributed by atoms with Gasteiger partial charge in [0.2, 0.25) is 0 Å². The van der Waals surface area contributed by atoms with Crippen LogP contribution in [0.2, 0.25) is 0 Å². The van der Waals surface area contributed by atoms with Crippen molar-refractivity contribution in [1.29, 1.82) is 0 Å². The molecule has 0 N–H and O–H groups in total. The highest BCUT2D eigenvalue weighted by Gasteiger charge is 2.15. The van der Waals surface area contributed by atoms with Crippen molar-refractivity contribution in [2.75, 3.05) is 13.2 Å². The fourth-order valence-electron chi connectivity index (χ4n) is 4.86. The van der Waals surface area contributed by atoms with Crippen LogP contribution in [0.25, 0.3) is 40.3 Å². The Kier molecular flexibility index (Phi) is 10.4. The van der Waals surface area contributed by atoms with Crippen LogP contribution in [0.15, 0.2) is 88.5 Å². The molecule has 0 spiro atoms. The van der Waals surface area contributed by atoms with Gasteiger partial charge in [-0.2, -0.15) is 0 Å². The summed E-state index contributed by atoms with van der Waals surface area (Å²) in [5, 5.41) is 2.66. The SMILES string of the molecule is CCCCOC(=O)c1ccc2c(=O)c3cc(C)ccc3sc2c1.CCCCOC(=O)c1cccc2c(=O)c3ccccc3sc12. The van der Waals surface area contributed by atoms with E-state index in [-0.39, 0.29) is 22.8 Å². The van der Waals surface area contributed by atoms with Crippen molar-refractivity contribution in [3.8, 4) is 0 Å². The molecule has 0 aliphatic heterocycles. The highest BCUT2D eigenvalue weighted by Crippen LogP contribution is 2.28. The van der Waals surface area contributed by atoms with Crippen LogP contribution in [0.3, 0.4) is 0 Å². The molecular weight excluding hydrogens is 605 g/mol. The first kappa shape index (κ1) is 32.0. The van der Waals surface area contributed by atoms with E-state index in [2.05, 4.69) is 0 Å². The Labute approximate surface area is 268 Å². The maximum Gasteiger partial charge on any atom is 0.339 e. The second kappa shape index (κ2) is 14.6. The summed E-state index contributed by atoms with van der Waals surface area (Å²) in [5.41, 5.74) is 2.02. The molecule has 0 unspecified atom stereocenters. The molecule has 0 radical (unpaired) electrons. The molecule has 0 saturated heterocycles. The van der Waals surface area contributed by atoms with Crippen molar-refractivity contribution in [3.05, 3.63) is 116 Å². The lowest BCUT2D eigenvalue weighted by Crippen LogP contribution is -2.09. The number of aryl methyl sites for hydroxylation is 1. The van der Waals surface area contributed by atoms with E-state index >= 15 is 0 Å². The van der Waals surface area contributed by atoms with Crippen LogP contribution in [-0.4, -0.2) is 25.2 Å². The monoisotopic (exact) mass is 638 g/mol. The fraction of sp³-hybridized carbons (Fsp3) is 0.243. The van der Waals surface area contributed by atoms with Crippen LogP contribution in [0.5, 0.6) is 0 Å². The van der Waals surface area contributed by atoms with Crippen LogP contribution in [0, 0.1) is 6.92 Å². The summed E-state index contributed by atoms with van der Waals surface area (Å²) < 4.78 is 13.9. The molecule has 230 valence electrons. The van der Waals surface area contributed by atoms with E-state index in [0.717, 1.165) is 50.7 Å². The summed E-state index contributed by atoms with van der Waals surface area (Å²) in [6, 6.07) is 23.7. The summed E-state index contributed by atoms with van der Waals surface area (Å²) in [4.78, 5) is 49.5. The zero-order chi connectivity index (χ0) is 31.9. The third-order valence-corrected chi connectivity index (χ3v) is 9.70. The van der Waals surface area contributed by atoms with Gasteiger partial charge in [0, 0.05) is 35.6 Å². The normalized spacial score (nSPS) is 11.0. The largest absolute Gasteiger partial charge is 0.462 e. The van der Waals surface area contributed by atoms with Crippen LogP contribution in [0.4, 0.5) is 0 Å². The molecule has 6 nitrogen and oxygen atoms in total. The van der Waals surface area contributed by atoms with Gasteiger partial charge in [-0.05, 0) is 74.4 Å². The topological polar surface area (TPSA) is 86.7 Å². The molecule has 2 aromatic heterocycles. The minimum absolute atomic E-state index is 0.0170. The average molecular weight is 639 g/mol. The minimum atomic E-state index is -0.356. The predicted octanol–water partition coefficient (Wildman–Crippen LogP) is 9.05. The van der Waals surface area contributed by atoms with E-state index in [0.29, 0.717) is 45.2 Å². The number of hydrogen-bond donors (Lipinski definition) is 0. The van der Waals surface area contributed by atoms with Crippen LogP contribution in [-0.2, 0) is 9.47 Å². The van der Waals surface area contributed by atoms with Crippen LogP contribution in [0.1, 0.15) is 65.8 Å². The van der Waals surface area contributed by atoms with Crippen molar-refractivity contribution in [1.82, 2.24) is 0 Å². The highest BCUT2D eigenvalue weighted by atomic mass is 32.1. The molecule has 4 aromatic carbocycles. The quantitative estimate of drug-likeness (QED) is 0.0939. The number of carbonyl (C=O) groups excluding carboxylic acids is 2. The number of ether oxygens (including phenoxy) is 2. The molecule has 0 bridgehead atoms. The number of carbonyl (C=O) groups is 2. The third kappa shape index (κ3) is 7.13. The Bertz CT molecular complexity index is 2140. The van der Waals surface area contributed by atoms with Gasteiger partial charge < -0.3 is 9.47 Å². The number of hydrogen-bond acceptors (Lipinski definition) is 8. The van der Waals surface area contributed by atoms with E-state index in [1.165, 1.54) is 22.7 Å². The highest BCUT2D eigenvalue weighted by molar-refractivity contribution is 7.25. The van der Waals surface area contributed by atoms with Gasteiger partial charge in [0.1, 0.15) is 0 Å². The zero-order valence-corrected chi connectivity index (χ0v) is 27.1. The maximum absolute atomic E-state index is 12.6. The number of rotatable bonds is 8. The molecule has 6 aromatic rings. The Hall–Kier alpha value is -4.40. The van der Waals surface area contributed by atoms with Gasteiger partial charge in [-0.3, -0.25) is 9.59 Å². The molecule has 45 heavy (non-hydrogen) atoms. The number of fused-ring (bicyclic) bond motifs is 4. The fourth-order valence-corrected chi connectivity index (χ4v) is 7.12. The van der Waals surface area contributed by atoms with Gasteiger partial charge in [0.25, 0.3) is 0 Å². The molecule has 0 aliphatic rings. The van der Waals surface area contributed by atoms with Crippen LogP contribution < -0.4 is 10.9 Å². The zero-order valence-electron chi connectivity index (χ0n) is 25.5. The lowest BCUT2D eigenvalue weighted by Gasteiger charge is -2.07. The van der Waals surface area contributed by atoms with Gasteiger partial charge in [-0.15, -0.1) is 22.7 Å². The van der Waals surface area contributed by atoms with E-state index in [9.17, 15) is 19.2 Å². The van der Waals surface area contributed by atoms with Crippen molar-refractivity contribution in [2.45, 2.75) is 46.5 Å². The summed E-state index contributed by atoms with van der Waals surface area (Å²) in [7, 11) is 0. The van der Waals surface area contributed by atoms with Gasteiger partial charge >= 0.3 is 11.9 Å². The molecular formula is C37H34O6S2. The van der Waals surface area contributed by atoms with Crippen molar-refractivity contribution >= 4 is 75.0 Å². The Morgan fingerprint density at radius 3 is 2.02 bits per heavy atom. The van der Waals surface area contributed by atoms with E-state index in [1.54, 1.807) is 36.4 Å². The number of benzene rings is 4. The maximum atomic E-state index is 12.6. The smallest absolute Gasteiger partial charge is 0.339 e. The van der Waals surface area contributed by atoms with Gasteiger partial charge in [0.05, 0.1) is 29.0 Å². The standard InChI is InChI=1S/C19H18O3S.C18H16O3S/c1-3-4-9-22-19(21)13-6-7-14-17(11-13)23-16-8-5-12(2)10-15(16)18(14)20;1-2-3-11-21-18(20)14-9-6-8-13-16(19)12-7-4-5-10-15(12)22-17(13)14/h5-8,10-11H,3-4,9H2,1-2H3;4-10H,2-3,11H2,1H3. The second-order valence-corrected chi connectivity index (χ2v) is 12.9. The van der Waals surface area contributed by atoms with E-state index in [4.69, 9.17) is 9.47 Å². The van der Waals surface area contributed by atoms with Crippen molar-refractivity contribution in [3.63, 3.8) is 0 Å². The second-order valence-electron chi connectivity index (χ2n) is 10.7. The third-order valence-electron chi connectivity index (χ3n) is 7.35. The molecule has 8 heteroatoms. The molecule has 0 saturated carbocycles. The first-order valence-corrected chi connectivity index (χ1v) is 16.7. The summed E-state index contributed by atoms with van der Waals surface area (Å²) >= 11 is 2.99. The first-order chi connectivity index (χ1) is 21.8. The molecule has 0 fully saturated rings. The minimum Gasteiger partial charge on any atom is -0.462 e. The lowest BCUT2D eigenvalue weighted by molar-refractivity contribution is 0.0491. The van der Waals surface area contributed by atoms with Crippen LogP contribution >= 0.6 is 22.7 Å². The van der Waals surface area contributed by atoms with Gasteiger partial charge in [0.15, 0.2) is 10.9 Å². The summed E-state index contributed by atoms with van der Waals surface area (Å²) in [6.45, 7) is 6.91. The molecule has 0 atom stereocenters. The molecule has 0 aliphatic carbocycles. The summed E-state index contributed by atoms with van der Waals surface area (Å²) in [6.07, 6.45) is 3.66. The molecule has 6 rings (SSSR count).